The molecule has 5 heteroatoms. The van der Waals surface area contributed by atoms with Gasteiger partial charge in [0.05, 0.1) is 30.5 Å². The van der Waals surface area contributed by atoms with Gasteiger partial charge in [0, 0.05) is 5.92 Å². The summed E-state index contributed by atoms with van der Waals surface area (Å²) in [5.74, 6) is 0.281. The van der Waals surface area contributed by atoms with E-state index in [1.807, 2.05) is 42.5 Å². The van der Waals surface area contributed by atoms with Gasteiger partial charge in [-0.2, -0.15) is 15.8 Å². The molecule has 0 radical (unpaired) electrons. The number of benzene rings is 2. The zero-order valence-electron chi connectivity index (χ0n) is 17.2. The van der Waals surface area contributed by atoms with Gasteiger partial charge < -0.3 is 10.5 Å². The minimum atomic E-state index is -1.61. The lowest BCUT2D eigenvalue weighted by Crippen LogP contribution is -2.43. The Morgan fingerprint density at radius 2 is 1.65 bits per heavy atom. The van der Waals surface area contributed by atoms with Gasteiger partial charge in [0.25, 0.3) is 0 Å². The molecule has 2 aliphatic carbocycles. The maximum atomic E-state index is 10.2. The van der Waals surface area contributed by atoms with E-state index in [-0.39, 0.29) is 23.1 Å². The summed E-state index contributed by atoms with van der Waals surface area (Å²) in [6.07, 6.45) is 3.60. The van der Waals surface area contributed by atoms with Crippen LogP contribution in [0.3, 0.4) is 0 Å². The number of nitrogens with zero attached hydrogens (tertiary/aromatic N) is 3. The Morgan fingerprint density at radius 1 is 0.968 bits per heavy atom. The van der Waals surface area contributed by atoms with Crippen LogP contribution >= 0.6 is 0 Å². The molecule has 0 amide bonds. The van der Waals surface area contributed by atoms with E-state index in [2.05, 4.69) is 36.4 Å². The Kier molecular flexibility index (Phi) is 5.24. The molecule has 0 fully saturated rings. The predicted molar refractivity (Wildman–Crippen MR) is 116 cm³/mol. The fraction of sp³-hybridized carbons (Fsp3) is 0.269. The molecule has 5 nitrogen and oxygen atoms in total. The highest BCUT2D eigenvalue weighted by atomic mass is 16.5. The SMILES string of the molecule is COc1ccc([C@@H]2[C@@H]3C[C@H](c4ccccc4)CC=C3C(C#N)=C(N)C2(C#N)C#N)cc1. The Morgan fingerprint density at radius 3 is 2.23 bits per heavy atom. The Balaban J connectivity index is 1.91. The second-order valence-corrected chi connectivity index (χ2v) is 8.03. The summed E-state index contributed by atoms with van der Waals surface area (Å²) in [4.78, 5) is 0. The standard InChI is InChI=1S/C26H22N4O/c1-31-20-10-7-18(8-11-20)24-22-13-19(17-5-3-2-4-6-17)9-12-21(22)23(14-27)25(30)26(24,15-28)16-29/h2-8,10-12,19,22,24H,9,13,30H2,1H3/t19-,22-,24-/m1/s1. The van der Waals surface area contributed by atoms with Crippen LogP contribution < -0.4 is 10.5 Å². The molecule has 0 spiro atoms. The van der Waals surface area contributed by atoms with Gasteiger partial charge in [0.1, 0.15) is 11.8 Å². The van der Waals surface area contributed by atoms with Crippen molar-refractivity contribution in [1.29, 1.82) is 15.8 Å². The van der Waals surface area contributed by atoms with Crippen molar-refractivity contribution in [3.63, 3.8) is 0 Å². The van der Waals surface area contributed by atoms with Gasteiger partial charge in [-0.3, -0.25) is 0 Å². The quantitative estimate of drug-likeness (QED) is 0.796. The largest absolute Gasteiger partial charge is 0.497 e. The number of rotatable bonds is 3. The van der Waals surface area contributed by atoms with Crippen LogP contribution in [0.1, 0.15) is 35.8 Å². The molecule has 4 rings (SSSR count). The number of hydrogen-bond donors (Lipinski definition) is 1. The van der Waals surface area contributed by atoms with E-state index in [4.69, 9.17) is 10.5 Å². The first kappa shape index (κ1) is 20.3. The van der Waals surface area contributed by atoms with E-state index in [0.717, 1.165) is 24.0 Å². The van der Waals surface area contributed by atoms with Crippen LogP contribution in [-0.2, 0) is 0 Å². The number of nitriles is 3. The fourth-order valence-corrected chi connectivity index (χ4v) is 5.08. The van der Waals surface area contributed by atoms with Crippen LogP contribution in [0.25, 0.3) is 0 Å². The summed E-state index contributed by atoms with van der Waals surface area (Å²) in [6.45, 7) is 0. The lowest BCUT2D eigenvalue weighted by molar-refractivity contribution is 0.302. The zero-order chi connectivity index (χ0) is 22.0. The molecule has 2 aromatic carbocycles. The molecule has 3 atom stereocenters. The summed E-state index contributed by atoms with van der Waals surface area (Å²) in [6, 6.07) is 24.2. The maximum absolute atomic E-state index is 10.2. The number of methoxy groups -OCH3 is 1. The monoisotopic (exact) mass is 406 g/mol. The van der Waals surface area contributed by atoms with E-state index in [0.29, 0.717) is 5.75 Å². The van der Waals surface area contributed by atoms with Gasteiger partial charge in [-0.1, -0.05) is 48.5 Å². The smallest absolute Gasteiger partial charge is 0.191 e. The minimum absolute atomic E-state index is 0.0569. The van der Waals surface area contributed by atoms with Crippen LogP contribution in [0.2, 0.25) is 0 Å². The third kappa shape index (κ3) is 3.14. The van der Waals surface area contributed by atoms with E-state index < -0.39 is 11.3 Å². The van der Waals surface area contributed by atoms with Crippen molar-refractivity contribution < 1.29 is 4.74 Å². The molecular weight excluding hydrogens is 384 g/mol. The van der Waals surface area contributed by atoms with Crippen LogP contribution in [0, 0.1) is 45.3 Å². The Labute approximate surface area is 182 Å². The fourth-order valence-electron chi connectivity index (χ4n) is 5.08. The highest BCUT2D eigenvalue weighted by Crippen LogP contribution is 2.57. The van der Waals surface area contributed by atoms with Crippen molar-refractivity contribution >= 4 is 0 Å². The third-order valence-electron chi connectivity index (χ3n) is 6.62. The molecule has 2 aromatic rings. The molecule has 152 valence electrons. The summed E-state index contributed by atoms with van der Waals surface area (Å²) in [7, 11) is 1.59. The number of nitrogens with two attached hydrogens (primary N) is 1. The number of allylic oxidation sites excluding steroid dienone is 4. The van der Waals surface area contributed by atoms with Crippen LogP contribution in [-0.4, -0.2) is 7.11 Å². The first-order valence-electron chi connectivity index (χ1n) is 10.2. The summed E-state index contributed by atoms with van der Waals surface area (Å²) >= 11 is 0. The van der Waals surface area contributed by atoms with Crippen LogP contribution in [0.5, 0.6) is 5.75 Å². The van der Waals surface area contributed by atoms with E-state index >= 15 is 0 Å². The number of ether oxygens (including phenoxy) is 1. The van der Waals surface area contributed by atoms with Crippen molar-refractivity contribution in [1.82, 2.24) is 0 Å². The molecule has 2 N–H and O–H groups in total. The second kappa shape index (κ2) is 8.02. The first-order valence-corrected chi connectivity index (χ1v) is 10.2. The van der Waals surface area contributed by atoms with E-state index in [9.17, 15) is 15.8 Å². The average molecular weight is 406 g/mol. The molecule has 0 bridgehead atoms. The van der Waals surface area contributed by atoms with Crippen molar-refractivity contribution in [3.8, 4) is 24.0 Å². The van der Waals surface area contributed by atoms with Gasteiger partial charge in [0.15, 0.2) is 5.41 Å². The maximum Gasteiger partial charge on any atom is 0.191 e. The van der Waals surface area contributed by atoms with Gasteiger partial charge >= 0.3 is 0 Å². The zero-order valence-corrected chi connectivity index (χ0v) is 17.2. The molecule has 0 aromatic heterocycles. The highest BCUT2D eigenvalue weighted by Gasteiger charge is 2.54. The van der Waals surface area contributed by atoms with E-state index in [1.54, 1.807) is 7.11 Å². The second-order valence-electron chi connectivity index (χ2n) is 8.03. The summed E-state index contributed by atoms with van der Waals surface area (Å²) in [5, 5.41) is 30.2. The number of hydrogen-bond acceptors (Lipinski definition) is 5. The number of fused-ring (bicyclic) bond motifs is 1. The van der Waals surface area contributed by atoms with Gasteiger partial charge in [-0.15, -0.1) is 0 Å². The highest BCUT2D eigenvalue weighted by molar-refractivity contribution is 5.59. The molecule has 2 aliphatic rings. The average Bonchev–Trinajstić information content (AvgIpc) is 2.84. The lowest BCUT2D eigenvalue weighted by atomic mass is 9.55. The lowest BCUT2D eigenvalue weighted by Gasteiger charge is -2.45. The molecular formula is C26H22N4O. The molecule has 0 aliphatic heterocycles. The molecule has 0 saturated heterocycles. The summed E-state index contributed by atoms with van der Waals surface area (Å²) in [5.41, 5.74) is 8.01. The summed E-state index contributed by atoms with van der Waals surface area (Å²) < 4.78 is 5.28. The van der Waals surface area contributed by atoms with Gasteiger partial charge in [0.2, 0.25) is 0 Å². The van der Waals surface area contributed by atoms with E-state index in [1.165, 1.54) is 5.56 Å². The molecule has 0 saturated carbocycles. The molecule has 0 heterocycles. The first-order chi connectivity index (χ1) is 15.1. The minimum Gasteiger partial charge on any atom is -0.497 e. The molecule has 0 unspecified atom stereocenters. The van der Waals surface area contributed by atoms with Crippen molar-refractivity contribution in [3.05, 3.63) is 88.6 Å². The third-order valence-corrected chi connectivity index (χ3v) is 6.62. The topological polar surface area (TPSA) is 107 Å². The van der Waals surface area contributed by atoms with Crippen molar-refractivity contribution in [2.75, 3.05) is 7.11 Å². The van der Waals surface area contributed by atoms with Crippen LogP contribution in [0.15, 0.2) is 77.5 Å². The van der Waals surface area contributed by atoms with Crippen molar-refractivity contribution in [2.45, 2.75) is 24.7 Å². The normalized spacial score (nSPS) is 24.1. The van der Waals surface area contributed by atoms with Gasteiger partial charge in [-0.25, -0.2) is 0 Å². The Hall–Kier alpha value is -4.01. The van der Waals surface area contributed by atoms with Gasteiger partial charge in [-0.05, 0) is 53.5 Å². The van der Waals surface area contributed by atoms with Crippen molar-refractivity contribution in [2.24, 2.45) is 17.1 Å². The Bertz CT molecular complexity index is 1160. The molecule has 31 heavy (non-hydrogen) atoms. The van der Waals surface area contributed by atoms with Crippen LogP contribution in [0.4, 0.5) is 0 Å². The predicted octanol–water partition coefficient (Wildman–Crippen LogP) is 4.68.